The zero-order chi connectivity index (χ0) is 17.3. The quantitative estimate of drug-likeness (QED) is 0.485. The van der Waals surface area contributed by atoms with E-state index in [1.807, 2.05) is 0 Å². The first-order chi connectivity index (χ1) is 10.8. The first kappa shape index (κ1) is 17.0. The van der Waals surface area contributed by atoms with E-state index in [4.69, 9.17) is 0 Å². The van der Waals surface area contributed by atoms with Crippen LogP contribution in [-0.4, -0.2) is 21.5 Å². The molecule has 0 aliphatic rings. The minimum Gasteiger partial charge on any atom is -0.494 e. The highest BCUT2D eigenvalue weighted by Gasteiger charge is 2.26. The Hall–Kier alpha value is -2.32. The molecule has 2 aromatic carbocycles. The molecule has 1 radical (unpaired) electrons. The number of rotatable bonds is 4. The van der Waals surface area contributed by atoms with E-state index in [2.05, 4.69) is 9.47 Å². The van der Waals surface area contributed by atoms with E-state index in [0.29, 0.717) is 13.3 Å². The van der Waals surface area contributed by atoms with Gasteiger partial charge in [-0.3, -0.25) is 0 Å². The maximum Gasteiger partial charge on any atom is 0.208 e. The van der Waals surface area contributed by atoms with E-state index >= 15 is 0 Å². The molecule has 0 N–H and O–H groups in total. The molecule has 2 rings (SSSR count). The lowest BCUT2D eigenvalue weighted by Crippen LogP contribution is -2.36. The first-order valence-electron chi connectivity index (χ1n) is 6.09. The lowest BCUT2D eigenvalue weighted by Gasteiger charge is -2.13. The Balaban J connectivity index is 2.65. The highest BCUT2D eigenvalue weighted by Crippen LogP contribution is 2.22. The van der Waals surface area contributed by atoms with E-state index in [-0.39, 0.29) is 6.07 Å². The van der Waals surface area contributed by atoms with Crippen molar-refractivity contribution in [3.05, 3.63) is 47.0 Å². The van der Waals surface area contributed by atoms with Crippen LogP contribution in [0.4, 0.5) is 26.3 Å². The SMILES string of the molecule is COc1c(F)cc(F)c([B]c2c(F)c(F)cc(F)c2OC)c1F. The van der Waals surface area contributed by atoms with Gasteiger partial charge in [-0.2, -0.15) is 0 Å². The van der Waals surface area contributed by atoms with Crippen LogP contribution >= 0.6 is 0 Å². The van der Waals surface area contributed by atoms with Crippen molar-refractivity contribution in [2.75, 3.05) is 14.2 Å². The summed E-state index contributed by atoms with van der Waals surface area (Å²) in [5, 5.41) is 0. The average Bonchev–Trinajstić information content (AvgIpc) is 2.48. The second-order valence-corrected chi connectivity index (χ2v) is 4.35. The molecule has 9 heteroatoms. The van der Waals surface area contributed by atoms with Gasteiger partial charge >= 0.3 is 0 Å². The van der Waals surface area contributed by atoms with Crippen molar-refractivity contribution in [2.24, 2.45) is 0 Å². The average molecular weight is 333 g/mol. The fourth-order valence-corrected chi connectivity index (χ4v) is 1.98. The lowest BCUT2D eigenvalue weighted by molar-refractivity contribution is 0.358. The van der Waals surface area contributed by atoms with Crippen LogP contribution in [0.1, 0.15) is 0 Å². The summed E-state index contributed by atoms with van der Waals surface area (Å²) in [6.45, 7) is 0. The van der Waals surface area contributed by atoms with E-state index < -0.39 is 57.3 Å². The maximum absolute atomic E-state index is 14.1. The molecule has 23 heavy (non-hydrogen) atoms. The Morgan fingerprint density at radius 3 is 1.74 bits per heavy atom. The summed E-state index contributed by atoms with van der Waals surface area (Å²) >= 11 is 0. The van der Waals surface area contributed by atoms with E-state index in [1.54, 1.807) is 0 Å². The number of hydrogen-bond acceptors (Lipinski definition) is 2. The van der Waals surface area contributed by atoms with Crippen LogP contribution in [0.3, 0.4) is 0 Å². The molecule has 0 amide bonds. The van der Waals surface area contributed by atoms with Crippen molar-refractivity contribution >= 4 is 18.2 Å². The number of benzene rings is 2. The van der Waals surface area contributed by atoms with Crippen molar-refractivity contribution in [3.63, 3.8) is 0 Å². The third-order valence-electron chi connectivity index (χ3n) is 3.02. The topological polar surface area (TPSA) is 18.5 Å². The van der Waals surface area contributed by atoms with Gasteiger partial charge in [0.1, 0.15) is 5.82 Å². The van der Waals surface area contributed by atoms with Crippen LogP contribution in [0, 0.1) is 34.9 Å². The fraction of sp³-hybridized carbons (Fsp3) is 0.143. The summed E-state index contributed by atoms with van der Waals surface area (Å²) in [4.78, 5) is 0. The fourth-order valence-electron chi connectivity index (χ4n) is 1.98. The van der Waals surface area contributed by atoms with Gasteiger partial charge in [-0.15, -0.1) is 0 Å². The summed E-state index contributed by atoms with van der Waals surface area (Å²) in [5.41, 5.74) is -1.80. The zero-order valence-electron chi connectivity index (χ0n) is 11.8. The molecule has 0 fully saturated rings. The standard InChI is InChI=1S/C14H8BF6O2/c1-22-13-7(18)4-6(17)11(20)10(13)15-9-5(16)3-8(19)14(23-2)12(9)21/h3-4H,1-2H3. The van der Waals surface area contributed by atoms with Crippen LogP contribution < -0.4 is 20.4 Å². The summed E-state index contributed by atoms with van der Waals surface area (Å²) in [7, 11) is 2.37. The molecule has 0 spiro atoms. The van der Waals surface area contributed by atoms with Crippen molar-refractivity contribution < 1.29 is 35.8 Å². The molecule has 0 aliphatic carbocycles. The minimum atomic E-state index is -1.58. The molecular formula is C14H8BF6O2. The summed E-state index contributed by atoms with van der Waals surface area (Å²) < 4.78 is 90.9. The van der Waals surface area contributed by atoms with E-state index in [1.165, 1.54) is 0 Å². The summed E-state index contributed by atoms with van der Waals surface area (Å²) in [6.07, 6.45) is 0. The maximum atomic E-state index is 14.1. The van der Waals surface area contributed by atoms with Gasteiger partial charge in [-0.1, -0.05) is 0 Å². The van der Waals surface area contributed by atoms with Gasteiger partial charge in [-0.05, 0) is 5.46 Å². The highest BCUT2D eigenvalue weighted by atomic mass is 19.2. The van der Waals surface area contributed by atoms with Gasteiger partial charge in [0.25, 0.3) is 0 Å². The van der Waals surface area contributed by atoms with Crippen LogP contribution in [0.2, 0.25) is 0 Å². The van der Waals surface area contributed by atoms with Gasteiger partial charge in [0.2, 0.25) is 7.28 Å². The largest absolute Gasteiger partial charge is 0.494 e. The van der Waals surface area contributed by atoms with Crippen molar-refractivity contribution in [3.8, 4) is 11.5 Å². The third kappa shape index (κ3) is 2.95. The van der Waals surface area contributed by atoms with Gasteiger partial charge in [0.15, 0.2) is 40.6 Å². The molecule has 2 nitrogen and oxygen atoms in total. The predicted octanol–water partition coefficient (Wildman–Crippen LogP) is 2.19. The molecule has 0 atom stereocenters. The molecule has 0 aromatic heterocycles. The number of halogens is 6. The normalized spacial score (nSPS) is 10.6. The van der Waals surface area contributed by atoms with Crippen LogP contribution in [0.25, 0.3) is 0 Å². The van der Waals surface area contributed by atoms with Gasteiger partial charge in [0, 0.05) is 17.6 Å². The van der Waals surface area contributed by atoms with Gasteiger partial charge in [0.05, 0.1) is 14.2 Å². The number of methoxy groups -OCH3 is 2. The molecule has 0 saturated carbocycles. The Morgan fingerprint density at radius 1 is 0.652 bits per heavy atom. The van der Waals surface area contributed by atoms with Crippen LogP contribution in [0.15, 0.2) is 12.1 Å². The zero-order valence-corrected chi connectivity index (χ0v) is 11.8. The molecule has 0 aliphatic heterocycles. The summed E-state index contributed by atoms with van der Waals surface area (Å²) in [6, 6.07) is 0.525. The van der Waals surface area contributed by atoms with Crippen molar-refractivity contribution in [1.82, 2.24) is 0 Å². The Morgan fingerprint density at radius 2 is 1.17 bits per heavy atom. The molecule has 0 unspecified atom stereocenters. The molecular weight excluding hydrogens is 325 g/mol. The monoisotopic (exact) mass is 333 g/mol. The van der Waals surface area contributed by atoms with Crippen molar-refractivity contribution in [2.45, 2.75) is 0 Å². The summed E-state index contributed by atoms with van der Waals surface area (Å²) in [5.74, 6) is -10.3. The predicted molar refractivity (Wildman–Crippen MR) is 70.8 cm³/mol. The lowest BCUT2D eigenvalue weighted by atomic mass is 9.62. The second-order valence-electron chi connectivity index (χ2n) is 4.35. The number of hydrogen-bond donors (Lipinski definition) is 0. The smallest absolute Gasteiger partial charge is 0.208 e. The van der Waals surface area contributed by atoms with Crippen LogP contribution in [0.5, 0.6) is 11.5 Å². The third-order valence-corrected chi connectivity index (χ3v) is 3.02. The highest BCUT2D eigenvalue weighted by molar-refractivity contribution is 6.68. The minimum absolute atomic E-state index is 0.226. The molecule has 0 saturated heterocycles. The molecule has 0 heterocycles. The van der Waals surface area contributed by atoms with Gasteiger partial charge in [-0.25, -0.2) is 26.3 Å². The molecule has 0 bridgehead atoms. The van der Waals surface area contributed by atoms with E-state index in [0.717, 1.165) is 14.2 Å². The Labute approximate surface area is 127 Å². The Kier molecular flexibility index (Phi) is 4.77. The second kappa shape index (κ2) is 6.43. The number of ether oxygens (including phenoxy) is 2. The Bertz CT molecular complexity index is 766. The van der Waals surface area contributed by atoms with Crippen molar-refractivity contribution in [1.29, 1.82) is 0 Å². The molecule has 2 aromatic rings. The van der Waals surface area contributed by atoms with E-state index in [9.17, 15) is 26.3 Å². The molecule has 121 valence electrons. The van der Waals surface area contributed by atoms with Crippen LogP contribution in [-0.2, 0) is 0 Å². The van der Waals surface area contributed by atoms with Gasteiger partial charge < -0.3 is 9.47 Å². The first-order valence-corrected chi connectivity index (χ1v) is 6.09.